The molecule has 0 radical (unpaired) electrons. The predicted molar refractivity (Wildman–Crippen MR) is 123 cm³/mol. The zero-order valence-electron chi connectivity index (χ0n) is 18.1. The van der Waals surface area contributed by atoms with E-state index in [1.54, 1.807) is 0 Å². The molecule has 4 saturated carbocycles. The zero-order chi connectivity index (χ0) is 19.4. The lowest BCUT2D eigenvalue weighted by Gasteiger charge is -2.61. The van der Waals surface area contributed by atoms with Crippen LogP contribution >= 0.6 is 22.6 Å². The standard InChI is InChI=1S/C25H41IO2/c1-24-12-10-19(28-23-5-3-4-14-27-23)15-17(24)6-8-20-21-9-7-18(16-26)25(21,2)13-11-22(20)24/h17-23H,3-16H2,1-2H3/t17-,18+,19?,20?,21-,22?,23?,24-,25+/m0/s1. The highest BCUT2D eigenvalue weighted by atomic mass is 127. The maximum atomic E-state index is 6.45. The number of fused-ring (bicyclic) bond motifs is 5. The molecule has 2 nitrogen and oxygen atoms in total. The molecule has 1 saturated heterocycles. The van der Waals surface area contributed by atoms with Crippen molar-refractivity contribution in [2.75, 3.05) is 11.0 Å². The maximum absolute atomic E-state index is 6.45. The van der Waals surface area contributed by atoms with Gasteiger partial charge in [0.2, 0.25) is 0 Å². The van der Waals surface area contributed by atoms with Crippen LogP contribution in [-0.2, 0) is 9.47 Å². The van der Waals surface area contributed by atoms with Gasteiger partial charge in [0.15, 0.2) is 6.29 Å². The number of halogens is 1. The van der Waals surface area contributed by atoms with E-state index in [2.05, 4.69) is 36.4 Å². The molecule has 0 aromatic rings. The van der Waals surface area contributed by atoms with Crippen molar-refractivity contribution in [1.82, 2.24) is 0 Å². The Balaban J connectivity index is 1.27. The molecule has 28 heavy (non-hydrogen) atoms. The third-order valence-corrected chi connectivity index (χ3v) is 11.5. The SMILES string of the molecule is C[C@]12CCC3C(CC[C@H]4CC(OC5CCCCO5)CC[C@]34C)[C@@H]1CC[C@@H]2CI. The maximum Gasteiger partial charge on any atom is 0.157 e. The molecule has 0 aromatic carbocycles. The molecule has 0 spiro atoms. The van der Waals surface area contributed by atoms with Crippen LogP contribution in [0.25, 0.3) is 0 Å². The van der Waals surface area contributed by atoms with Crippen molar-refractivity contribution in [3.05, 3.63) is 0 Å². The molecule has 1 aliphatic heterocycles. The van der Waals surface area contributed by atoms with Crippen LogP contribution in [0.15, 0.2) is 0 Å². The summed E-state index contributed by atoms with van der Waals surface area (Å²) in [6.07, 6.45) is 17.1. The van der Waals surface area contributed by atoms with Gasteiger partial charge < -0.3 is 9.47 Å². The van der Waals surface area contributed by atoms with Crippen molar-refractivity contribution in [2.24, 2.45) is 40.4 Å². The van der Waals surface area contributed by atoms with Gasteiger partial charge in [-0.2, -0.15) is 0 Å². The van der Waals surface area contributed by atoms with Gasteiger partial charge in [0.05, 0.1) is 6.10 Å². The van der Waals surface area contributed by atoms with Crippen molar-refractivity contribution in [1.29, 1.82) is 0 Å². The van der Waals surface area contributed by atoms with Gasteiger partial charge in [0.25, 0.3) is 0 Å². The van der Waals surface area contributed by atoms with E-state index in [4.69, 9.17) is 9.47 Å². The number of alkyl halides is 1. The summed E-state index contributed by atoms with van der Waals surface area (Å²) in [4.78, 5) is 0. The van der Waals surface area contributed by atoms with E-state index in [1.165, 1.54) is 75.1 Å². The first-order chi connectivity index (χ1) is 13.5. The second-order valence-electron chi connectivity index (χ2n) is 11.5. The molecule has 0 aromatic heterocycles. The highest BCUT2D eigenvalue weighted by molar-refractivity contribution is 14.1. The Kier molecular flexibility index (Phi) is 5.85. The van der Waals surface area contributed by atoms with Crippen LogP contribution in [0.4, 0.5) is 0 Å². The molecule has 160 valence electrons. The van der Waals surface area contributed by atoms with E-state index in [0.717, 1.165) is 42.6 Å². The molecule has 1 heterocycles. The van der Waals surface area contributed by atoms with Gasteiger partial charge in [-0.15, -0.1) is 0 Å². The van der Waals surface area contributed by atoms with Crippen molar-refractivity contribution < 1.29 is 9.47 Å². The molecule has 5 rings (SSSR count). The summed E-state index contributed by atoms with van der Waals surface area (Å²) in [7, 11) is 0. The Hall–Kier alpha value is 0.650. The van der Waals surface area contributed by atoms with Crippen LogP contribution in [-0.4, -0.2) is 23.4 Å². The van der Waals surface area contributed by atoms with Gasteiger partial charge in [-0.25, -0.2) is 0 Å². The average Bonchev–Trinajstić information content (AvgIpc) is 3.05. The molecule has 0 amide bonds. The van der Waals surface area contributed by atoms with Gasteiger partial charge in [-0.1, -0.05) is 36.4 Å². The molecule has 5 aliphatic rings. The van der Waals surface area contributed by atoms with E-state index in [0.29, 0.717) is 16.9 Å². The summed E-state index contributed by atoms with van der Waals surface area (Å²) in [6.45, 7) is 6.27. The topological polar surface area (TPSA) is 18.5 Å². The average molecular weight is 501 g/mol. The number of ether oxygens (including phenoxy) is 2. The van der Waals surface area contributed by atoms with Crippen LogP contribution < -0.4 is 0 Å². The number of rotatable bonds is 3. The third-order valence-electron chi connectivity index (χ3n) is 10.5. The molecular formula is C25H41IO2. The minimum absolute atomic E-state index is 0.0959. The van der Waals surface area contributed by atoms with E-state index in [-0.39, 0.29) is 6.29 Å². The van der Waals surface area contributed by atoms with E-state index >= 15 is 0 Å². The van der Waals surface area contributed by atoms with E-state index in [9.17, 15) is 0 Å². The van der Waals surface area contributed by atoms with Crippen LogP contribution in [0.2, 0.25) is 0 Å². The largest absolute Gasteiger partial charge is 0.353 e. The molecule has 0 N–H and O–H groups in total. The highest BCUT2D eigenvalue weighted by Crippen LogP contribution is 2.67. The van der Waals surface area contributed by atoms with Gasteiger partial charge in [0.1, 0.15) is 0 Å². The monoisotopic (exact) mass is 500 g/mol. The minimum Gasteiger partial charge on any atom is -0.353 e. The molecular weight excluding hydrogens is 459 g/mol. The molecule has 9 atom stereocenters. The lowest BCUT2D eigenvalue weighted by molar-refractivity contribution is -0.212. The van der Waals surface area contributed by atoms with E-state index in [1.807, 2.05) is 0 Å². The summed E-state index contributed by atoms with van der Waals surface area (Å²) >= 11 is 2.67. The first kappa shape index (κ1) is 20.5. The number of hydrogen-bond acceptors (Lipinski definition) is 2. The van der Waals surface area contributed by atoms with Crippen molar-refractivity contribution in [3.8, 4) is 0 Å². The van der Waals surface area contributed by atoms with Crippen molar-refractivity contribution in [3.63, 3.8) is 0 Å². The van der Waals surface area contributed by atoms with Crippen LogP contribution in [0.1, 0.15) is 90.9 Å². The third kappa shape index (κ3) is 3.32. The Morgan fingerprint density at radius 3 is 2.50 bits per heavy atom. The Bertz CT molecular complexity index is 561. The summed E-state index contributed by atoms with van der Waals surface area (Å²) in [6, 6.07) is 0. The Labute approximate surface area is 186 Å². The molecule has 5 fully saturated rings. The van der Waals surface area contributed by atoms with Gasteiger partial charge in [-0.3, -0.25) is 0 Å². The molecule has 4 unspecified atom stereocenters. The lowest BCUT2D eigenvalue weighted by atomic mass is 9.45. The fourth-order valence-corrected chi connectivity index (χ4v) is 10.2. The smallest absolute Gasteiger partial charge is 0.157 e. The first-order valence-corrected chi connectivity index (χ1v) is 13.9. The normalized spacial score (nSPS) is 53.9. The second-order valence-corrected chi connectivity index (χ2v) is 12.3. The van der Waals surface area contributed by atoms with Gasteiger partial charge in [-0.05, 0) is 117 Å². The summed E-state index contributed by atoms with van der Waals surface area (Å²) < 4.78 is 13.7. The quantitative estimate of drug-likeness (QED) is 0.236. The minimum atomic E-state index is 0.0959. The lowest BCUT2D eigenvalue weighted by Crippen LogP contribution is -2.54. The van der Waals surface area contributed by atoms with Crippen LogP contribution in [0.3, 0.4) is 0 Å². The van der Waals surface area contributed by atoms with Crippen LogP contribution in [0, 0.1) is 40.4 Å². The fourth-order valence-electron chi connectivity index (χ4n) is 8.74. The summed E-state index contributed by atoms with van der Waals surface area (Å²) in [5.41, 5.74) is 1.24. The predicted octanol–water partition coefficient (Wildman–Crippen LogP) is 6.99. The second kappa shape index (κ2) is 7.97. The zero-order valence-corrected chi connectivity index (χ0v) is 20.3. The fraction of sp³-hybridized carbons (Fsp3) is 1.00. The molecule has 4 aliphatic carbocycles. The Morgan fingerprint density at radius 1 is 0.893 bits per heavy atom. The van der Waals surface area contributed by atoms with Crippen molar-refractivity contribution >= 4 is 22.6 Å². The Morgan fingerprint density at radius 2 is 1.71 bits per heavy atom. The summed E-state index contributed by atoms with van der Waals surface area (Å²) in [5, 5.41) is 0. The van der Waals surface area contributed by atoms with E-state index < -0.39 is 0 Å². The highest BCUT2D eigenvalue weighted by Gasteiger charge is 2.60. The molecule has 0 bridgehead atoms. The first-order valence-electron chi connectivity index (χ1n) is 12.4. The summed E-state index contributed by atoms with van der Waals surface area (Å²) in [5.74, 6) is 4.91. The van der Waals surface area contributed by atoms with Crippen molar-refractivity contribution in [2.45, 2.75) is 103 Å². The number of hydrogen-bond donors (Lipinski definition) is 0. The van der Waals surface area contributed by atoms with Crippen LogP contribution in [0.5, 0.6) is 0 Å². The van der Waals surface area contributed by atoms with Gasteiger partial charge >= 0.3 is 0 Å². The molecule has 3 heteroatoms. The van der Waals surface area contributed by atoms with Gasteiger partial charge in [0, 0.05) is 11.0 Å².